The minimum atomic E-state index is -0.286. The van der Waals surface area contributed by atoms with E-state index in [1.807, 2.05) is 16.8 Å². The summed E-state index contributed by atoms with van der Waals surface area (Å²) in [5.41, 5.74) is 5.32. The van der Waals surface area contributed by atoms with Crippen LogP contribution in [0.5, 0.6) is 11.5 Å². The first-order valence-electron chi connectivity index (χ1n) is 10.4. The van der Waals surface area contributed by atoms with Crippen molar-refractivity contribution in [1.29, 1.82) is 0 Å². The average molecular weight is 422 g/mol. The number of fused-ring (bicyclic) bond motifs is 1. The van der Waals surface area contributed by atoms with Crippen LogP contribution >= 0.6 is 0 Å². The Balaban J connectivity index is 1.41. The van der Waals surface area contributed by atoms with Crippen molar-refractivity contribution in [2.24, 2.45) is 0 Å². The van der Waals surface area contributed by atoms with Gasteiger partial charge in [-0.25, -0.2) is 4.79 Å². The molecule has 8 nitrogen and oxygen atoms in total. The number of carbonyl (C=O) groups is 1. The number of carbonyl (C=O) groups excluding carboxylic acids is 1. The maximum Gasteiger partial charge on any atom is 0.319 e. The van der Waals surface area contributed by atoms with Crippen LogP contribution in [-0.2, 0) is 19.4 Å². The molecule has 2 heterocycles. The van der Waals surface area contributed by atoms with Gasteiger partial charge in [-0.15, -0.1) is 0 Å². The second-order valence-corrected chi connectivity index (χ2v) is 7.42. The van der Waals surface area contributed by atoms with E-state index in [0.717, 1.165) is 24.1 Å². The Morgan fingerprint density at radius 3 is 2.48 bits per heavy atom. The highest BCUT2D eigenvalue weighted by molar-refractivity contribution is 5.89. The van der Waals surface area contributed by atoms with Gasteiger partial charge in [-0.05, 0) is 37.8 Å². The minimum Gasteiger partial charge on any atom is -0.497 e. The van der Waals surface area contributed by atoms with Crippen LogP contribution in [0.4, 0.5) is 10.5 Å². The lowest BCUT2D eigenvalue weighted by molar-refractivity contribution is 0.251. The molecule has 31 heavy (non-hydrogen) atoms. The Morgan fingerprint density at radius 1 is 1.06 bits per heavy atom. The molecule has 2 N–H and O–H groups in total. The molecule has 162 valence electrons. The number of hydrogen-bond donors (Lipinski definition) is 2. The van der Waals surface area contributed by atoms with Crippen LogP contribution in [0, 0.1) is 0 Å². The number of rotatable bonds is 7. The Morgan fingerprint density at radius 2 is 1.77 bits per heavy atom. The fraction of sp³-hybridized carbons (Fsp3) is 0.348. The lowest BCUT2D eigenvalue weighted by Gasteiger charge is -2.15. The molecule has 3 aromatic rings. The van der Waals surface area contributed by atoms with Gasteiger partial charge in [0.25, 0.3) is 0 Å². The van der Waals surface area contributed by atoms with Gasteiger partial charge in [0.2, 0.25) is 0 Å². The monoisotopic (exact) mass is 421 g/mol. The lowest BCUT2D eigenvalue weighted by atomic mass is 9.94. The highest BCUT2D eigenvalue weighted by atomic mass is 16.5. The lowest BCUT2D eigenvalue weighted by Crippen LogP contribution is -2.32. The van der Waals surface area contributed by atoms with Crippen molar-refractivity contribution in [1.82, 2.24) is 20.1 Å². The molecule has 2 aromatic heterocycles. The van der Waals surface area contributed by atoms with E-state index in [1.165, 1.54) is 24.1 Å². The predicted molar refractivity (Wildman–Crippen MR) is 119 cm³/mol. The third-order valence-corrected chi connectivity index (χ3v) is 5.43. The highest BCUT2D eigenvalue weighted by Gasteiger charge is 2.21. The van der Waals surface area contributed by atoms with Gasteiger partial charge in [-0.3, -0.25) is 9.67 Å². The molecule has 0 saturated heterocycles. The van der Waals surface area contributed by atoms with Crippen molar-refractivity contribution in [2.45, 2.75) is 32.2 Å². The van der Waals surface area contributed by atoms with E-state index in [2.05, 4.69) is 15.6 Å². The van der Waals surface area contributed by atoms with Gasteiger partial charge in [0.05, 0.1) is 26.5 Å². The Bertz CT molecular complexity index is 1030. The summed E-state index contributed by atoms with van der Waals surface area (Å²) in [6, 6.07) is 8.95. The summed E-state index contributed by atoms with van der Waals surface area (Å²) in [5.74, 6) is 1.22. The molecule has 0 atom stereocenters. The SMILES string of the molecule is COc1cc(NC(=O)NCCn2nc(-c3ccncc3)c3c2CCCC3)cc(OC)c1. The summed E-state index contributed by atoms with van der Waals surface area (Å²) < 4.78 is 12.5. The van der Waals surface area contributed by atoms with Gasteiger partial charge in [-0.2, -0.15) is 5.10 Å². The molecule has 0 bridgehead atoms. The van der Waals surface area contributed by atoms with Gasteiger partial charge in [0, 0.05) is 59.6 Å². The van der Waals surface area contributed by atoms with Crippen LogP contribution in [0.1, 0.15) is 24.1 Å². The van der Waals surface area contributed by atoms with Crippen molar-refractivity contribution in [3.8, 4) is 22.8 Å². The first kappa shape index (κ1) is 20.7. The standard InChI is InChI=1S/C23H27N5O3/c1-30-18-13-17(14-19(15-18)31-2)26-23(29)25-11-12-28-21-6-4-3-5-20(21)22(27-28)16-7-9-24-10-8-16/h7-10,13-15H,3-6,11-12H2,1-2H3,(H2,25,26,29). The average Bonchev–Trinajstić information content (AvgIpc) is 3.18. The summed E-state index contributed by atoms with van der Waals surface area (Å²) in [6.45, 7) is 1.08. The van der Waals surface area contributed by atoms with Crippen molar-refractivity contribution in [3.05, 3.63) is 54.0 Å². The number of nitrogens with one attached hydrogen (secondary N) is 2. The van der Waals surface area contributed by atoms with Crippen LogP contribution in [0.15, 0.2) is 42.7 Å². The largest absolute Gasteiger partial charge is 0.497 e. The maximum atomic E-state index is 12.4. The molecule has 2 amide bonds. The number of ether oxygens (including phenoxy) is 2. The molecular formula is C23H27N5O3. The molecule has 4 rings (SSSR count). The first-order chi connectivity index (χ1) is 15.2. The number of benzene rings is 1. The zero-order chi connectivity index (χ0) is 21.6. The molecule has 0 fully saturated rings. The van der Waals surface area contributed by atoms with Crippen LogP contribution in [0.2, 0.25) is 0 Å². The molecule has 0 saturated carbocycles. The molecule has 0 radical (unpaired) electrons. The number of anilines is 1. The Hall–Kier alpha value is -3.55. The number of pyridine rings is 1. The van der Waals surface area contributed by atoms with E-state index in [4.69, 9.17) is 14.6 Å². The van der Waals surface area contributed by atoms with Crippen LogP contribution < -0.4 is 20.1 Å². The van der Waals surface area contributed by atoms with Gasteiger partial charge >= 0.3 is 6.03 Å². The third kappa shape index (κ3) is 4.79. The van der Waals surface area contributed by atoms with Gasteiger partial charge in [-0.1, -0.05) is 0 Å². The van der Waals surface area contributed by atoms with Crippen molar-refractivity contribution in [2.75, 3.05) is 26.1 Å². The van der Waals surface area contributed by atoms with E-state index < -0.39 is 0 Å². The van der Waals surface area contributed by atoms with Crippen molar-refractivity contribution in [3.63, 3.8) is 0 Å². The van der Waals surface area contributed by atoms with Crippen LogP contribution in [0.3, 0.4) is 0 Å². The highest BCUT2D eigenvalue weighted by Crippen LogP contribution is 2.31. The van der Waals surface area contributed by atoms with E-state index in [0.29, 0.717) is 30.3 Å². The molecule has 0 unspecified atom stereocenters. The molecule has 1 aliphatic rings. The smallest absolute Gasteiger partial charge is 0.319 e. The minimum absolute atomic E-state index is 0.286. The molecule has 1 aromatic carbocycles. The number of nitrogens with zero attached hydrogens (tertiary/aromatic N) is 3. The predicted octanol–water partition coefficient (Wildman–Crippen LogP) is 3.66. The van der Waals surface area contributed by atoms with Gasteiger partial charge in [0.1, 0.15) is 11.5 Å². The second kappa shape index (κ2) is 9.51. The van der Waals surface area contributed by atoms with E-state index >= 15 is 0 Å². The van der Waals surface area contributed by atoms with Gasteiger partial charge in [0.15, 0.2) is 0 Å². The third-order valence-electron chi connectivity index (χ3n) is 5.43. The Labute approximate surface area is 181 Å². The van der Waals surface area contributed by atoms with E-state index in [1.54, 1.807) is 44.8 Å². The number of aromatic nitrogens is 3. The summed E-state index contributed by atoms with van der Waals surface area (Å²) >= 11 is 0. The molecular weight excluding hydrogens is 394 g/mol. The van der Waals surface area contributed by atoms with E-state index in [9.17, 15) is 4.79 Å². The van der Waals surface area contributed by atoms with E-state index in [-0.39, 0.29) is 6.03 Å². The number of methoxy groups -OCH3 is 2. The number of hydrogen-bond acceptors (Lipinski definition) is 5. The first-order valence-corrected chi connectivity index (χ1v) is 10.4. The summed E-state index contributed by atoms with van der Waals surface area (Å²) in [6.07, 6.45) is 8.00. The second-order valence-electron chi connectivity index (χ2n) is 7.42. The molecule has 8 heteroatoms. The fourth-order valence-corrected chi connectivity index (χ4v) is 3.93. The zero-order valence-electron chi connectivity index (χ0n) is 17.9. The topological polar surface area (TPSA) is 90.3 Å². The quantitative estimate of drug-likeness (QED) is 0.608. The van der Waals surface area contributed by atoms with Crippen molar-refractivity contribution >= 4 is 11.7 Å². The zero-order valence-corrected chi connectivity index (χ0v) is 17.9. The maximum absolute atomic E-state index is 12.4. The van der Waals surface area contributed by atoms with Crippen molar-refractivity contribution < 1.29 is 14.3 Å². The van der Waals surface area contributed by atoms with Gasteiger partial charge < -0.3 is 20.1 Å². The fourth-order valence-electron chi connectivity index (χ4n) is 3.93. The number of amides is 2. The van der Waals surface area contributed by atoms with Crippen LogP contribution in [-0.4, -0.2) is 41.6 Å². The molecule has 0 aliphatic heterocycles. The summed E-state index contributed by atoms with van der Waals surface area (Å²) in [5, 5.41) is 10.6. The van der Waals surface area contributed by atoms with Crippen LogP contribution in [0.25, 0.3) is 11.3 Å². The molecule has 1 aliphatic carbocycles. The Kier molecular flexibility index (Phi) is 6.35. The number of urea groups is 1. The summed E-state index contributed by atoms with van der Waals surface area (Å²) in [7, 11) is 3.15. The normalized spacial score (nSPS) is 12.7. The summed E-state index contributed by atoms with van der Waals surface area (Å²) in [4.78, 5) is 16.5. The molecule has 0 spiro atoms.